The Labute approximate surface area is 185 Å². The number of amides is 2. The minimum absolute atomic E-state index is 0.00847. The molecule has 7 heteroatoms. The van der Waals surface area contributed by atoms with Gasteiger partial charge >= 0.3 is 12.2 Å². The average Bonchev–Trinajstić information content (AvgIpc) is 3.14. The second-order valence-corrected chi connectivity index (χ2v) is 10.3. The van der Waals surface area contributed by atoms with Crippen molar-refractivity contribution in [3.05, 3.63) is 12.7 Å². The van der Waals surface area contributed by atoms with Gasteiger partial charge < -0.3 is 14.2 Å². The van der Waals surface area contributed by atoms with Crippen molar-refractivity contribution in [1.82, 2.24) is 5.32 Å². The van der Waals surface area contributed by atoms with Crippen LogP contribution in [0.3, 0.4) is 0 Å². The summed E-state index contributed by atoms with van der Waals surface area (Å²) >= 11 is 0. The van der Waals surface area contributed by atoms with Crippen LogP contribution >= 0.6 is 0 Å². The zero-order valence-electron chi connectivity index (χ0n) is 19.7. The smallest absolute Gasteiger partial charge is 0.416 e. The fourth-order valence-corrected chi connectivity index (χ4v) is 7.09. The maximum Gasteiger partial charge on any atom is 0.416 e. The second-order valence-electron chi connectivity index (χ2n) is 10.3. The predicted octanol–water partition coefficient (Wildman–Crippen LogP) is 4.50. The van der Waals surface area contributed by atoms with E-state index >= 15 is 0 Å². The Kier molecular flexibility index (Phi) is 6.31. The van der Waals surface area contributed by atoms with Gasteiger partial charge in [-0.1, -0.05) is 26.8 Å². The number of rotatable bonds is 3. The molecule has 1 N–H and O–H groups in total. The Balaban J connectivity index is 2.14. The first-order valence-corrected chi connectivity index (χ1v) is 11.3. The number of ether oxygens (including phenoxy) is 3. The molecule has 0 aliphatic heterocycles. The Morgan fingerprint density at radius 1 is 1.13 bits per heavy atom. The van der Waals surface area contributed by atoms with Crippen LogP contribution in [0.1, 0.15) is 59.8 Å². The Bertz CT molecular complexity index is 767. The van der Waals surface area contributed by atoms with Crippen LogP contribution in [0.5, 0.6) is 0 Å². The molecular formula is C24H37NO6. The Morgan fingerprint density at radius 2 is 1.77 bits per heavy atom. The fraction of sp³-hybridized carbons (Fsp3) is 0.792. The summed E-state index contributed by atoms with van der Waals surface area (Å²) in [6, 6.07) is 0. The molecule has 0 aromatic carbocycles. The summed E-state index contributed by atoms with van der Waals surface area (Å²) in [5.74, 6) is 0.310. The molecule has 0 heterocycles. The topological polar surface area (TPSA) is 90.9 Å². The van der Waals surface area contributed by atoms with Gasteiger partial charge in [-0.15, -0.1) is 6.58 Å². The third-order valence-electron chi connectivity index (χ3n) is 9.17. The van der Waals surface area contributed by atoms with Crippen molar-refractivity contribution in [3.63, 3.8) is 0 Å². The summed E-state index contributed by atoms with van der Waals surface area (Å²) in [4.78, 5) is 38.0. The first kappa shape index (κ1) is 23.8. The van der Waals surface area contributed by atoms with Crippen molar-refractivity contribution in [2.75, 3.05) is 14.2 Å². The molecule has 0 aromatic heterocycles. The summed E-state index contributed by atoms with van der Waals surface area (Å²) in [6.45, 7) is 12.3. The van der Waals surface area contributed by atoms with E-state index in [1.165, 1.54) is 7.11 Å². The number of alkyl carbamates (subject to hydrolysis) is 2. The van der Waals surface area contributed by atoms with Crippen molar-refractivity contribution in [2.45, 2.75) is 72.0 Å². The molecule has 0 saturated heterocycles. The van der Waals surface area contributed by atoms with Gasteiger partial charge in [0.25, 0.3) is 0 Å². The third kappa shape index (κ3) is 3.49. The number of hydrogen-bond acceptors (Lipinski definition) is 6. The van der Waals surface area contributed by atoms with E-state index in [1.807, 2.05) is 6.92 Å². The normalized spacial score (nSPS) is 44.5. The van der Waals surface area contributed by atoms with Crippen LogP contribution in [0.4, 0.5) is 9.59 Å². The average molecular weight is 436 g/mol. The maximum absolute atomic E-state index is 13.8. The number of methoxy groups -OCH3 is 2. The number of hydrogen-bond donors (Lipinski definition) is 1. The van der Waals surface area contributed by atoms with Crippen LogP contribution in [0.15, 0.2) is 12.7 Å². The first-order valence-electron chi connectivity index (χ1n) is 11.3. The Morgan fingerprint density at radius 3 is 2.35 bits per heavy atom. The molecule has 3 unspecified atom stereocenters. The van der Waals surface area contributed by atoms with Crippen molar-refractivity contribution < 1.29 is 28.6 Å². The highest BCUT2D eigenvalue weighted by Gasteiger charge is 2.68. The monoisotopic (exact) mass is 435 g/mol. The molecule has 0 spiro atoms. The summed E-state index contributed by atoms with van der Waals surface area (Å²) in [7, 11) is 2.92. The van der Waals surface area contributed by atoms with Crippen molar-refractivity contribution in [3.8, 4) is 0 Å². The highest BCUT2D eigenvalue weighted by Crippen LogP contribution is 2.68. The summed E-state index contributed by atoms with van der Waals surface area (Å²) < 4.78 is 16.4. The second kappa shape index (κ2) is 8.23. The quantitative estimate of drug-likeness (QED) is 0.657. The predicted molar refractivity (Wildman–Crippen MR) is 115 cm³/mol. The summed E-state index contributed by atoms with van der Waals surface area (Å²) in [6.07, 6.45) is 3.38. The lowest BCUT2D eigenvalue weighted by Gasteiger charge is -2.61. The molecule has 7 nitrogen and oxygen atoms in total. The molecule has 3 aliphatic carbocycles. The number of allylic oxidation sites excluding steroid dienone is 1. The lowest BCUT2D eigenvalue weighted by Crippen LogP contribution is -2.63. The molecule has 3 rings (SSSR count). The van der Waals surface area contributed by atoms with E-state index in [0.717, 1.165) is 25.7 Å². The van der Waals surface area contributed by atoms with E-state index in [9.17, 15) is 14.4 Å². The molecule has 3 saturated carbocycles. The van der Waals surface area contributed by atoms with Crippen LogP contribution in [0, 0.1) is 34.0 Å². The lowest BCUT2D eigenvalue weighted by molar-refractivity contribution is -0.188. The van der Waals surface area contributed by atoms with Gasteiger partial charge in [0.05, 0.1) is 13.2 Å². The van der Waals surface area contributed by atoms with Crippen LogP contribution in [-0.2, 0) is 19.0 Å². The molecule has 2 amide bonds. The van der Waals surface area contributed by atoms with E-state index in [-0.39, 0.29) is 35.1 Å². The van der Waals surface area contributed by atoms with Gasteiger partial charge in [0.15, 0.2) is 0 Å². The number of Topliss-reactive ketones (excluding diaryl/α,β-unsaturated/α-hetero) is 1. The third-order valence-corrected chi connectivity index (χ3v) is 9.17. The number of carbonyl (C=O) groups is 3. The number of ketones is 1. The van der Waals surface area contributed by atoms with Gasteiger partial charge in [-0.05, 0) is 43.9 Å². The van der Waals surface area contributed by atoms with E-state index < -0.39 is 29.1 Å². The molecule has 0 aromatic rings. The molecule has 174 valence electrons. The van der Waals surface area contributed by atoms with Crippen LogP contribution < -0.4 is 5.32 Å². The van der Waals surface area contributed by atoms with Crippen molar-refractivity contribution in [2.24, 2.45) is 34.0 Å². The van der Waals surface area contributed by atoms with Gasteiger partial charge in [-0.25, -0.2) is 14.9 Å². The molecule has 31 heavy (non-hydrogen) atoms. The molecule has 2 bridgehead atoms. The fourth-order valence-electron chi connectivity index (χ4n) is 7.09. The number of carbonyl (C=O) groups excluding carboxylic acids is 3. The van der Waals surface area contributed by atoms with Crippen LogP contribution in [0.25, 0.3) is 0 Å². The largest absolute Gasteiger partial charge is 0.453 e. The maximum atomic E-state index is 13.8. The van der Waals surface area contributed by atoms with E-state index in [1.54, 1.807) is 13.2 Å². The van der Waals surface area contributed by atoms with Crippen LogP contribution in [0.2, 0.25) is 0 Å². The molecule has 8 atom stereocenters. The molecular weight excluding hydrogens is 398 g/mol. The summed E-state index contributed by atoms with van der Waals surface area (Å²) in [5.41, 5.74) is -1.47. The lowest BCUT2D eigenvalue weighted by atomic mass is 9.44. The molecule has 3 aliphatic rings. The molecule has 3 fully saturated rings. The van der Waals surface area contributed by atoms with Gasteiger partial charge in [-0.3, -0.25) is 4.79 Å². The minimum Gasteiger partial charge on any atom is -0.453 e. The number of imide groups is 1. The van der Waals surface area contributed by atoms with Gasteiger partial charge in [-0.2, -0.15) is 0 Å². The van der Waals surface area contributed by atoms with Crippen molar-refractivity contribution >= 4 is 18.0 Å². The Hall–Kier alpha value is -1.89. The zero-order chi connectivity index (χ0) is 23.2. The minimum atomic E-state index is -0.876. The standard InChI is InChI=1S/C24H37NO6/c1-8-22(4)13-17(31-21(28)25-20(27)30-7)23(5)14(2)9-11-24(15(3)19(22)26)12-10-16(29-6)18(23)24/h8,14-18H,1,9-13H2,2-7H3,(H,25,27,28)/t14?,15-,16?,17+,18?,22+,23-,24-/m0/s1. The van der Waals surface area contributed by atoms with E-state index in [0.29, 0.717) is 6.42 Å². The van der Waals surface area contributed by atoms with Crippen molar-refractivity contribution in [1.29, 1.82) is 0 Å². The van der Waals surface area contributed by atoms with E-state index in [4.69, 9.17) is 9.47 Å². The van der Waals surface area contributed by atoms with Crippen LogP contribution in [-0.4, -0.2) is 44.4 Å². The first-order chi connectivity index (χ1) is 14.5. The SMILES string of the molecule is C=C[C@]1(C)C[C@@H](OC(=O)NC(=O)OC)[C@]2(C)C(C)CC[C@]3(CCC(OC)C32)[C@@H](C)C1=O. The highest BCUT2D eigenvalue weighted by molar-refractivity contribution is 5.90. The highest BCUT2D eigenvalue weighted by atomic mass is 16.6. The number of nitrogens with one attached hydrogen (secondary N) is 1. The van der Waals surface area contributed by atoms with Gasteiger partial charge in [0.2, 0.25) is 0 Å². The van der Waals surface area contributed by atoms with E-state index in [2.05, 4.69) is 37.4 Å². The van der Waals surface area contributed by atoms with Gasteiger partial charge in [0, 0.05) is 36.2 Å². The molecule has 0 radical (unpaired) electrons. The summed E-state index contributed by atoms with van der Waals surface area (Å²) in [5, 5.41) is 2.10. The zero-order valence-corrected chi connectivity index (χ0v) is 19.7. The van der Waals surface area contributed by atoms with Gasteiger partial charge in [0.1, 0.15) is 11.9 Å².